The molecule has 1 heterocycles. The zero-order valence-electron chi connectivity index (χ0n) is 6.31. The first-order valence-corrected chi connectivity index (χ1v) is 4.06. The number of nitrogens with one attached hydrogen (secondary N) is 1. The lowest BCUT2D eigenvalue weighted by Gasteiger charge is -1.86. The summed E-state index contributed by atoms with van der Waals surface area (Å²) in [5.74, 6) is 1.67. The van der Waals surface area contributed by atoms with E-state index in [1.54, 1.807) is 0 Å². The van der Waals surface area contributed by atoms with E-state index in [-0.39, 0.29) is 0 Å². The van der Waals surface area contributed by atoms with Crippen LogP contribution in [-0.2, 0) is 12.2 Å². The van der Waals surface area contributed by atoms with Crippen molar-refractivity contribution >= 4 is 12.6 Å². The molecule has 1 N–H and O–H groups in total. The van der Waals surface area contributed by atoms with Crippen LogP contribution < -0.4 is 0 Å². The first-order chi connectivity index (χ1) is 4.77. The molecule has 0 saturated carbocycles. The summed E-state index contributed by atoms with van der Waals surface area (Å²) < 4.78 is 0. The second-order valence-corrected chi connectivity index (χ2v) is 2.58. The molecule has 56 valence electrons. The molecule has 0 fully saturated rings. The van der Waals surface area contributed by atoms with Crippen molar-refractivity contribution in [2.45, 2.75) is 26.0 Å². The molecule has 0 aliphatic rings. The lowest BCUT2D eigenvalue weighted by atomic mass is 10.3. The van der Waals surface area contributed by atoms with Gasteiger partial charge in [-0.15, -0.1) is 0 Å². The summed E-state index contributed by atoms with van der Waals surface area (Å²) in [7, 11) is 0. The number of aromatic nitrogens is 2. The van der Waals surface area contributed by atoms with E-state index >= 15 is 0 Å². The third-order valence-corrected chi connectivity index (χ3v) is 1.82. The van der Waals surface area contributed by atoms with Crippen LogP contribution in [0.15, 0.2) is 0 Å². The van der Waals surface area contributed by atoms with E-state index in [1.165, 1.54) is 5.69 Å². The van der Waals surface area contributed by atoms with Crippen molar-refractivity contribution in [3.05, 3.63) is 17.2 Å². The summed E-state index contributed by atoms with van der Waals surface area (Å²) in [4.78, 5) is 7.47. The first kappa shape index (κ1) is 7.66. The largest absolute Gasteiger partial charge is 0.345 e. The highest BCUT2D eigenvalue weighted by atomic mass is 32.1. The highest BCUT2D eigenvalue weighted by Crippen LogP contribution is 2.06. The number of aryl methyl sites for hydroxylation is 2. The summed E-state index contributed by atoms with van der Waals surface area (Å²) in [6.07, 6.45) is 0.996. The molecule has 0 aliphatic heterocycles. The van der Waals surface area contributed by atoms with Crippen LogP contribution in [-0.4, -0.2) is 9.97 Å². The smallest absolute Gasteiger partial charge is 0.116 e. The van der Waals surface area contributed by atoms with Gasteiger partial charge in [0.1, 0.15) is 5.82 Å². The molecule has 0 saturated heterocycles. The van der Waals surface area contributed by atoms with Crippen LogP contribution in [0.1, 0.15) is 24.1 Å². The number of aromatic amines is 1. The molecule has 10 heavy (non-hydrogen) atoms. The van der Waals surface area contributed by atoms with Crippen molar-refractivity contribution in [3.8, 4) is 0 Å². The molecule has 0 aromatic carbocycles. The lowest BCUT2D eigenvalue weighted by molar-refractivity contribution is 1.02. The molecule has 0 amide bonds. The van der Waals surface area contributed by atoms with Gasteiger partial charge in [-0.1, -0.05) is 6.92 Å². The second kappa shape index (κ2) is 3.10. The van der Waals surface area contributed by atoms with Crippen molar-refractivity contribution in [2.24, 2.45) is 0 Å². The van der Waals surface area contributed by atoms with Gasteiger partial charge < -0.3 is 4.98 Å². The van der Waals surface area contributed by atoms with E-state index in [4.69, 9.17) is 0 Å². The van der Waals surface area contributed by atoms with Gasteiger partial charge in [0, 0.05) is 11.4 Å². The molecule has 0 bridgehead atoms. The van der Waals surface area contributed by atoms with E-state index in [0.29, 0.717) is 5.75 Å². The molecule has 1 aromatic rings. The van der Waals surface area contributed by atoms with E-state index < -0.39 is 0 Å². The standard InChI is InChI=1S/C7H12N2S/c1-3-6-5(2)8-7(4-10)9-6/h10H,3-4H2,1-2H3,(H,8,9). The number of thiol groups is 1. The maximum atomic E-state index is 4.31. The minimum atomic E-state index is 0.695. The second-order valence-electron chi connectivity index (χ2n) is 2.27. The van der Waals surface area contributed by atoms with Crippen molar-refractivity contribution in [2.75, 3.05) is 0 Å². The highest BCUT2D eigenvalue weighted by molar-refractivity contribution is 7.79. The van der Waals surface area contributed by atoms with Crippen molar-refractivity contribution < 1.29 is 0 Å². The maximum Gasteiger partial charge on any atom is 0.116 e. The van der Waals surface area contributed by atoms with E-state index in [9.17, 15) is 0 Å². The van der Waals surface area contributed by atoms with Crippen molar-refractivity contribution in [1.82, 2.24) is 9.97 Å². The Bertz CT molecular complexity index is 217. The van der Waals surface area contributed by atoms with Gasteiger partial charge in [0.25, 0.3) is 0 Å². The molecular weight excluding hydrogens is 144 g/mol. The average molecular weight is 156 g/mol. The van der Waals surface area contributed by atoms with Gasteiger partial charge in [-0.05, 0) is 13.3 Å². The van der Waals surface area contributed by atoms with E-state index in [1.807, 2.05) is 6.92 Å². The summed E-state index contributed by atoms with van der Waals surface area (Å²) in [5.41, 5.74) is 2.33. The van der Waals surface area contributed by atoms with Crippen LogP contribution in [0.3, 0.4) is 0 Å². The molecule has 3 heteroatoms. The van der Waals surface area contributed by atoms with Crippen LogP contribution >= 0.6 is 12.6 Å². The summed E-state index contributed by atoms with van der Waals surface area (Å²) >= 11 is 4.12. The Hall–Kier alpha value is -0.440. The molecule has 0 spiro atoms. The van der Waals surface area contributed by atoms with Gasteiger partial charge in [-0.25, -0.2) is 4.98 Å². The van der Waals surface area contributed by atoms with Crippen LogP contribution in [0.4, 0.5) is 0 Å². The summed E-state index contributed by atoms with van der Waals surface area (Å²) in [6, 6.07) is 0. The average Bonchev–Trinajstić information content (AvgIpc) is 2.30. The minimum Gasteiger partial charge on any atom is -0.345 e. The molecule has 2 nitrogen and oxygen atoms in total. The predicted octanol–water partition coefficient (Wildman–Crippen LogP) is 1.71. The summed E-state index contributed by atoms with van der Waals surface area (Å²) in [6.45, 7) is 4.14. The maximum absolute atomic E-state index is 4.31. The SMILES string of the molecule is CCc1nc(CS)[nH]c1C. The van der Waals surface area contributed by atoms with Gasteiger partial charge in [-0.3, -0.25) is 0 Å². The number of imidazole rings is 1. The normalized spacial score (nSPS) is 10.3. The van der Waals surface area contributed by atoms with Gasteiger partial charge in [0.15, 0.2) is 0 Å². The fourth-order valence-electron chi connectivity index (χ4n) is 0.982. The van der Waals surface area contributed by atoms with Gasteiger partial charge >= 0.3 is 0 Å². The Morgan fingerprint density at radius 1 is 1.60 bits per heavy atom. The van der Waals surface area contributed by atoms with Gasteiger partial charge in [0.05, 0.1) is 5.69 Å². The molecule has 0 aliphatic carbocycles. The number of hydrogen-bond donors (Lipinski definition) is 2. The van der Waals surface area contributed by atoms with Crippen LogP contribution in [0.2, 0.25) is 0 Å². The minimum absolute atomic E-state index is 0.695. The third kappa shape index (κ3) is 1.34. The van der Waals surface area contributed by atoms with Crippen LogP contribution in [0, 0.1) is 6.92 Å². The van der Waals surface area contributed by atoms with Gasteiger partial charge in [-0.2, -0.15) is 12.6 Å². The number of rotatable bonds is 2. The number of hydrogen-bond acceptors (Lipinski definition) is 2. The Kier molecular flexibility index (Phi) is 2.38. The number of H-pyrrole nitrogens is 1. The Morgan fingerprint density at radius 2 is 2.30 bits per heavy atom. The number of nitrogens with zero attached hydrogens (tertiary/aromatic N) is 1. The fourth-order valence-corrected chi connectivity index (χ4v) is 1.13. The lowest BCUT2D eigenvalue weighted by Crippen LogP contribution is -1.82. The van der Waals surface area contributed by atoms with Crippen molar-refractivity contribution in [1.29, 1.82) is 0 Å². The van der Waals surface area contributed by atoms with Crippen molar-refractivity contribution in [3.63, 3.8) is 0 Å². The molecular formula is C7H12N2S. The topological polar surface area (TPSA) is 28.7 Å². The van der Waals surface area contributed by atoms with E-state index in [2.05, 4.69) is 29.5 Å². The fraction of sp³-hybridized carbons (Fsp3) is 0.571. The van der Waals surface area contributed by atoms with Gasteiger partial charge in [0.2, 0.25) is 0 Å². The molecule has 0 radical (unpaired) electrons. The van der Waals surface area contributed by atoms with Crippen LogP contribution in [0.25, 0.3) is 0 Å². The Labute approximate surface area is 66.5 Å². The third-order valence-electron chi connectivity index (χ3n) is 1.52. The zero-order valence-corrected chi connectivity index (χ0v) is 7.20. The monoisotopic (exact) mass is 156 g/mol. The van der Waals surface area contributed by atoms with E-state index in [0.717, 1.165) is 17.9 Å². The quantitative estimate of drug-likeness (QED) is 0.627. The zero-order chi connectivity index (χ0) is 7.56. The Balaban J connectivity index is 2.92. The highest BCUT2D eigenvalue weighted by Gasteiger charge is 2.01. The predicted molar refractivity (Wildman–Crippen MR) is 45.4 cm³/mol. The molecule has 1 rings (SSSR count). The summed E-state index contributed by atoms with van der Waals surface area (Å²) in [5, 5.41) is 0. The Morgan fingerprint density at radius 3 is 2.60 bits per heavy atom. The van der Waals surface area contributed by atoms with Crippen LogP contribution in [0.5, 0.6) is 0 Å². The first-order valence-electron chi connectivity index (χ1n) is 3.43. The molecule has 1 aromatic heterocycles. The molecule has 0 atom stereocenters. The molecule has 0 unspecified atom stereocenters.